The third kappa shape index (κ3) is 6.65. The van der Waals surface area contributed by atoms with Gasteiger partial charge in [-0.1, -0.05) is 42.5 Å². The van der Waals surface area contributed by atoms with Crippen LogP contribution >= 0.6 is 0 Å². The van der Waals surface area contributed by atoms with E-state index < -0.39 is 16.0 Å². The van der Waals surface area contributed by atoms with Gasteiger partial charge in [-0.05, 0) is 53.9 Å². The highest BCUT2D eigenvalue weighted by atomic mass is 32.2. The quantitative estimate of drug-likeness (QED) is 0.426. The number of ether oxygens (including phenoxy) is 2. The summed E-state index contributed by atoms with van der Waals surface area (Å²) in [6.07, 6.45) is 0.486. The first kappa shape index (κ1) is 24.0. The van der Waals surface area contributed by atoms with Gasteiger partial charge in [0.05, 0.1) is 23.6 Å². The first-order valence-electron chi connectivity index (χ1n) is 10.2. The fourth-order valence-electron chi connectivity index (χ4n) is 3.12. The Morgan fingerprint density at radius 2 is 1.58 bits per heavy atom. The first-order valence-corrected chi connectivity index (χ1v) is 11.7. The minimum Gasteiger partial charge on any atom is -0.482 e. The number of carbonyl (C=O) groups is 1. The predicted molar refractivity (Wildman–Crippen MR) is 123 cm³/mol. The Morgan fingerprint density at radius 1 is 0.939 bits per heavy atom. The van der Waals surface area contributed by atoms with E-state index >= 15 is 0 Å². The molecule has 0 unspecified atom stereocenters. The van der Waals surface area contributed by atoms with Crippen LogP contribution < -0.4 is 4.74 Å². The SMILES string of the molecule is COC(=O)COc1ccc(CCN(Cc2ccc(C#N)cc2)S(=O)(=O)c2ccccc2)cc1. The third-order valence-corrected chi connectivity index (χ3v) is 6.84. The van der Waals surface area contributed by atoms with E-state index in [4.69, 9.17) is 10.00 Å². The van der Waals surface area contributed by atoms with Gasteiger partial charge in [-0.25, -0.2) is 13.2 Å². The van der Waals surface area contributed by atoms with E-state index in [-0.39, 0.29) is 24.6 Å². The second-order valence-corrected chi connectivity index (χ2v) is 9.16. The monoisotopic (exact) mass is 464 g/mol. The Balaban J connectivity index is 1.75. The van der Waals surface area contributed by atoms with Gasteiger partial charge >= 0.3 is 5.97 Å². The van der Waals surface area contributed by atoms with Crippen LogP contribution in [0.4, 0.5) is 0 Å². The van der Waals surface area contributed by atoms with Crippen molar-refractivity contribution in [2.24, 2.45) is 0 Å². The zero-order valence-corrected chi connectivity index (χ0v) is 19.0. The Bertz CT molecular complexity index is 1200. The van der Waals surface area contributed by atoms with E-state index in [0.717, 1.165) is 11.1 Å². The molecule has 0 aliphatic carbocycles. The molecule has 0 N–H and O–H groups in total. The molecule has 3 aromatic rings. The molecule has 0 aromatic heterocycles. The fourth-order valence-corrected chi connectivity index (χ4v) is 4.57. The van der Waals surface area contributed by atoms with Gasteiger partial charge in [0, 0.05) is 13.1 Å². The highest BCUT2D eigenvalue weighted by Gasteiger charge is 2.24. The summed E-state index contributed by atoms with van der Waals surface area (Å²) in [4.78, 5) is 11.4. The molecule has 7 nitrogen and oxygen atoms in total. The molecule has 8 heteroatoms. The summed E-state index contributed by atoms with van der Waals surface area (Å²) in [6, 6.07) is 24.4. The van der Waals surface area contributed by atoms with Crippen molar-refractivity contribution in [2.75, 3.05) is 20.3 Å². The van der Waals surface area contributed by atoms with Crippen molar-refractivity contribution in [1.82, 2.24) is 4.31 Å². The largest absolute Gasteiger partial charge is 0.482 e. The lowest BCUT2D eigenvalue weighted by molar-refractivity contribution is -0.142. The normalized spacial score (nSPS) is 11.1. The maximum atomic E-state index is 13.3. The molecule has 0 bridgehead atoms. The van der Waals surface area contributed by atoms with Crippen LogP contribution in [0.1, 0.15) is 16.7 Å². The van der Waals surface area contributed by atoms with E-state index in [9.17, 15) is 13.2 Å². The standard InChI is InChI=1S/C25H24N2O5S/c1-31-25(28)19-32-23-13-11-20(12-14-23)15-16-27(18-22-9-7-21(17-26)8-10-22)33(29,30)24-5-3-2-4-6-24/h2-14H,15-16,18-19H2,1H3. The van der Waals surface area contributed by atoms with Crippen molar-refractivity contribution in [2.45, 2.75) is 17.9 Å². The van der Waals surface area contributed by atoms with Crippen molar-refractivity contribution in [3.8, 4) is 11.8 Å². The zero-order chi connectivity index (χ0) is 23.7. The van der Waals surface area contributed by atoms with E-state index in [2.05, 4.69) is 10.8 Å². The molecule has 0 aliphatic heterocycles. The molecule has 0 spiro atoms. The molecule has 170 valence electrons. The number of sulfonamides is 1. The number of nitrogens with zero attached hydrogens (tertiary/aromatic N) is 2. The molecular formula is C25H24N2O5S. The number of esters is 1. The van der Waals surface area contributed by atoms with E-state index in [1.807, 2.05) is 12.1 Å². The number of methoxy groups -OCH3 is 1. The summed E-state index contributed by atoms with van der Waals surface area (Å²) in [7, 11) is -2.43. The summed E-state index contributed by atoms with van der Waals surface area (Å²) in [5.41, 5.74) is 2.24. The summed E-state index contributed by atoms with van der Waals surface area (Å²) in [5.74, 6) is 0.0548. The second kappa shape index (κ2) is 11.3. The van der Waals surface area contributed by atoms with Gasteiger partial charge < -0.3 is 9.47 Å². The topological polar surface area (TPSA) is 96.7 Å². The molecule has 3 rings (SSSR count). The average Bonchev–Trinajstić information content (AvgIpc) is 2.86. The zero-order valence-electron chi connectivity index (χ0n) is 18.2. The van der Waals surface area contributed by atoms with Crippen molar-refractivity contribution >= 4 is 16.0 Å². The van der Waals surface area contributed by atoms with Gasteiger partial charge in [0.2, 0.25) is 10.0 Å². The van der Waals surface area contributed by atoms with Crippen LogP contribution in [0.3, 0.4) is 0 Å². The molecular weight excluding hydrogens is 440 g/mol. The van der Waals surface area contributed by atoms with Gasteiger partial charge in [0.15, 0.2) is 6.61 Å². The highest BCUT2D eigenvalue weighted by Crippen LogP contribution is 2.20. The maximum absolute atomic E-state index is 13.3. The molecule has 33 heavy (non-hydrogen) atoms. The maximum Gasteiger partial charge on any atom is 0.343 e. The van der Waals surface area contributed by atoms with Crippen LogP contribution in [0, 0.1) is 11.3 Å². The Morgan fingerprint density at radius 3 is 2.18 bits per heavy atom. The van der Waals surface area contributed by atoms with Crippen LogP contribution in [0.2, 0.25) is 0 Å². The lowest BCUT2D eigenvalue weighted by Crippen LogP contribution is -2.32. The lowest BCUT2D eigenvalue weighted by Gasteiger charge is -2.22. The van der Waals surface area contributed by atoms with Crippen molar-refractivity contribution in [3.63, 3.8) is 0 Å². The van der Waals surface area contributed by atoms with Gasteiger partial charge in [0.25, 0.3) is 0 Å². The van der Waals surface area contributed by atoms with Crippen LogP contribution in [0.25, 0.3) is 0 Å². The molecule has 0 heterocycles. The second-order valence-electron chi connectivity index (χ2n) is 7.22. The third-order valence-electron chi connectivity index (χ3n) is 4.98. The number of nitriles is 1. The molecule has 0 fully saturated rings. The first-order chi connectivity index (χ1) is 15.9. The van der Waals surface area contributed by atoms with Crippen LogP contribution in [0.5, 0.6) is 5.75 Å². The Hall–Kier alpha value is -3.67. The van der Waals surface area contributed by atoms with Gasteiger partial charge in [0.1, 0.15) is 5.75 Å². The van der Waals surface area contributed by atoms with Crippen LogP contribution in [-0.2, 0) is 32.5 Å². The van der Waals surface area contributed by atoms with Crippen molar-refractivity contribution in [3.05, 3.63) is 95.6 Å². The molecule has 0 amide bonds. The van der Waals surface area contributed by atoms with Gasteiger partial charge in [-0.2, -0.15) is 9.57 Å². The minimum atomic E-state index is -3.72. The smallest absolute Gasteiger partial charge is 0.343 e. The molecule has 0 saturated heterocycles. The number of benzene rings is 3. The molecule has 0 radical (unpaired) electrons. The van der Waals surface area contributed by atoms with Crippen LogP contribution in [-0.4, -0.2) is 39.0 Å². The van der Waals surface area contributed by atoms with E-state index in [1.54, 1.807) is 66.7 Å². The van der Waals surface area contributed by atoms with Crippen LogP contribution in [0.15, 0.2) is 83.8 Å². The number of rotatable bonds is 10. The number of hydrogen-bond acceptors (Lipinski definition) is 6. The molecule has 0 aliphatic rings. The van der Waals surface area contributed by atoms with E-state index in [0.29, 0.717) is 17.7 Å². The summed E-state index contributed by atoms with van der Waals surface area (Å²) >= 11 is 0. The molecule has 3 aromatic carbocycles. The lowest BCUT2D eigenvalue weighted by atomic mass is 10.1. The fraction of sp³-hybridized carbons (Fsp3) is 0.200. The number of carbonyl (C=O) groups excluding carboxylic acids is 1. The highest BCUT2D eigenvalue weighted by molar-refractivity contribution is 7.89. The Labute approximate surface area is 193 Å². The Kier molecular flexibility index (Phi) is 8.19. The molecule has 0 saturated carbocycles. The van der Waals surface area contributed by atoms with Gasteiger partial charge in [-0.15, -0.1) is 0 Å². The van der Waals surface area contributed by atoms with Gasteiger partial charge in [-0.3, -0.25) is 0 Å². The molecule has 0 atom stereocenters. The average molecular weight is 465 g/mol. The summed E-state index contributed by atoms with van der Waals surface area (Å²) in [6.45, 7) is 0.270. The van der Waals surface area contributed by atoms with Crippen molar-refractivity contribution < 1.29 is 22.7 Å². The van der Waals surface area contributed by atoms with E-state index in [1.165, 1.54) is 11.4 Å². The predicted octanol–water partition coefficient (Wildman–Crippen LogP) is 3.54. The summed E-state index contributed by atoms with van der Waals surface area (Å²) < 4.78 is 38.0. The van der Waals surface area contributed by atoms with Crippen molar-refractivity contribution in [1.29, 1.82) is 5.26 Å². The summed E-state index contributed by atoms with van der Waals surface area (Å²) in [5, 5.41) is 9.00. The number of hydrogen-bond donors (Lipinski definition) is 0. The minimum absolute atomic E-state index is 0.177.